The van der Waals surface area contributed by atoms with Crippen molar-refractivity contribution in [3.63, 3.8) is 0 Å². The Morgan fingerprint density at radius 1 is 0.571 bits per heavy atom. The lowest BCUT2D eigenvalue weighted by Gasteiger charge is -2.09. The number of aromatic nitrogens is 3. The average molecular weight is 377 g/mol. The number of rotatable bonds is 3. The molecule has 0 fully saturated rings. The molecule has 1 heterocycles. The van der Waals surface area contributed by atoms with Crippen LogP contribution >= 0.6 is 0 Å². The highest BCUT2D eigenvalue weighted by atomic mass is 19.2. The Morgan fingerprint density at radius 2 is 1.11 bits per heavy atom. The summed E-state index contributed by atoms with van der Waals surface area (Å²) in [7, 11) is 0. The molecule has 0 N–H and O–H groups in total. The van der Waals surface area contributed by atoms with E-state index in [9.17, 15) is 13.2 Å². The fraction of sp³-hybridized carbons (Fsp3) is 0.0455. The Morgan fingerprint density at radius 3 is 1.71 bits per heavy atom. The normalized spacial score (nSPS) is 10.9. The zero-order valence-corrected chi connectivity index (χ0v) is 14.8. The monoisotopic (exact) mass is 377 g/mol. The molecule has 0 aliphatic rings. The lowest BCUT2D eigenvalue weighted by Crippen LogP contribution is -2.01. The van der Waals surface area contributed by atoms with Gasteiger partial charge < -0.3 is 0 Å². The van der Waals surface area contributed by atoms with Crippen LogP contribution in [0.2, 0.25) is 0 Å². The Labute approximate surface area is 159 Å². The van der Waals surface area contributed by atoms with Crippen LogP contribution in [0.4, 0.5) is 13.2 Å². The summed E-state index contributed by atoms with van der Waals surface area (Å²) < 4.78 is 40.8. The lowest BCUT2D eigenvalue weighted by atomic mass is 10.1. The van der Waals surface area contributed by atoms with Crippen LogP contribution in [-0.4, -0.2) is 15.0 Å². The van der Waals surface area contributed by atoms with Crippen molar-refractivity contribution in [3.8, 4) is 34.2 Å². The van der Waals surface area contributed by atoms with Gasteiger partial charge in [-0.05, 0) is 25.1 Å². The van der Waals surface area contributed by atoms with Gasteiger partial charge in [0.25, 0.3) is 0 Å². The average Bonchev–Trinajstić information content (AvgIpc) is 2.72. The van der Waals surface area contributed by atoms with E-state index in [0.29, 0.717) is 11.6 Å². The van der Waals surface area contributed by atoms with Gasteiger partial charge in [0, 0.05) is 16.7 Å². The van der Waals surface area contributed by atoms with Crippen LogP contribution in [0.15, 0.2) is 66.7 Å². The van der Waals surface area contributed by atoms with Crippen LogP contribution in [0.25, 0.3) is 34.2 Å². The van der Waals surface area contributed by atoms with Crippen molar-refractivity contribution < 1.29 is 13.2 Å². The summed E-state index contributed by atoms with van der Waals surface area (Å²) in [5.74, 6) is -3.35. The highest BCUT2D eigenvalue weighted by Gasteiger charge is 2.16. The SMILES string of the molecule is Cc1cccc(-c2nc(-c3ccccc3)nc(-c3cc(F)c(F)c(F)c3)n2)c1. The fourth-order valence-electron chi connectivity index (χ4n) is 2.82. The molecule has 3 nitrogen and oxygen atoms in total. The molecule has 1 aromatic heterocycles. The molecule has 138 valence electrons. The number of aryl methyl sites for hydroxylation is 1. The first-order chi connectivity index (χ1) is 13.5. The van der Waals surface area contributed by atoms with E-state index in [1.54, 1.807) is 0 Å². The summed E-state index contributed by atoms with van der Waals surface area (Å²) >= 11 is 0. The molecule has 0 saturated heterocycles. The first-order valence-electron chi connectivity index (χ1n) is 8.55. The minimum absolute atomic E-state index is 0.0323. The third-order valence-electron chi connectivity index (χ3n) is 4.19. The maximum absolute atomic E-state index is 13.7. The van der Waals surface area contributed by atoms with E-state index in [1.165, 1.54) is 0 Å². The second-order valence-corrected chi connectivity index (χ2v) is 6.30. The van der Waals surface area contributed by atoms with Gasteiger partial charge in [0.2, 0.25) is 0 Å². The van der Waals surface area contributed by atoms with Crippen LogP contribution in [0.3, 0.4) is 0 Å². The van der Waals surface area contributed by atoms with Crippen LogP contribution in [-0.2, 0) is 0 Å². The van der Waals surface area contributed by atoms with Crippen molar-refractivity contribution in [3.05, 3.63) is 89.7 Å². The predicted octanol–water partition coefficient (Wildman–Crippen LogP) is 5.60. The molecule has 28 heavy (non-hydrogen) atoms. The van der Waals surface area contributed by atoms with E-state index in [0.717, 1.165) is 28.8 Å². The van der Waals surface area contributed by atoms with Crippen LogP contribution in [0.1, 0.15) is 5.56 Å². The maximum Gasteiger partial charge on any atom is 0.194 e. The molecule has 0 spiro atoms. The second kappa shape index (κ2) is 7.23. The lowest BCUT2D eigenvalue weighted by molar-refractivity contribution is 0.447. The van der Waals surface area contributed by atoms with Gasteiger partial charge >= 0.3 is 0 Å². The van der Waals surface area contributed by atoms with Crippen molar-refractivity contribution in [2.24, 2.45) is 0 Å². The number of hydrogen-bond donors (Lipinski definition) is 0. The van der Waals surface area contributed by atoms with Gasteiger partial charge in [-0.25, -0.2) is 28.1 Å². The van der Waals surface area contributed by atoms with Crippen molar-refractivity contribution in [1.82, 2.24) is 15.0 Å². The van der Waals surface area contributed by atoms with E-state index in [4.69, 9.17) is 0 Å². The number of halogens is 3. The topological polar surface area (TPSA) is 38.7 Å². The number of benzene rings is 3. The van der Waals surface area contributed by atoms with E-state index < -0.39 is 17.5 Å². The minimum Gasteiger partial charge on any atom is -0.208 e. The Bertz CT molecular complexity index is 1140. The standard InChI is InChI=1S/C22H14F3N3/c1-13-6-5-9-15(10-13)21-26-20(14-7-3-2-4-8-14)27-22(28-21)16-11-17(23)19(25)18(24)12-16/h2-12H,1H3. The van der Waals surface area contributed by atoms with Crippen molar-refractivity contribution in [2.75, 3.05) is 0 Å². The van der Waals surface area contributed by atoms with Gasteiger partial charge in [-0.2, -0.15) is 0 Å². The molecule has 0 radical (unpaired) electrons. The first kappa shape index (κ1) is 17.9. The van der Waals surface area contributed by atoms with Gasteiger partial charge in [0.15, 0.2) is 34.9 Å². The summed E-state index contributed by atoms with van der Waals surface area (Å²) in [5, 5.41) is 0. The molecular weight excluding hydrogens is 363 g/mol. The van der Waals surface area contributed by atoms with E-state index in [-0.39, 0.29) is 11.4 Å². The molecule has 0 saturated carbocycles. The zero-order chi connectivity index (χ0) is 19.7. The Kier molecular flexibility index (Phi) is 4.61. The molecule has 4 aromatic rings. The highest BCUT2D eigenvalue weighted by molar-refractivity contribution is 5.66. The molecule has 0 bridgehead atoms. The van der Waals surface area contributed by atoms with Gasteiger partial charge in [0.05, 0.1) is 0 Å². The van der Waals surface area contributed by atoms with E-state index in [1.807, 2.05) is 61.5 Å². The van der Waals surface area contributed by atoms with E-state index in [2.05, 4.69) is 15.0 Å². The van der Waals surface area contributed by atoms with Gasteiger partial charge in [-0.3, -0.25) is 0 Å². The van der Waals surface area contributed by atoms with Crippen molar-refractivity contribution in [1.29, 1.82) is 0 Å². The summed E-state index contributed by atoms with van der Waals surface area (Å²) in [6.07, 6.45) is 0. The maximum atomic E-state index is 13.7. The molecule has 0 amide bonds. The zero-order valence-electron chi connectivity index (χ0n) is 14.8. The fourth-order valence-corrected chi connectivity index (χ4v) is 2.82. The highest BCUT2D eigenvalue weighted by Crippen LogP contribution is 2.26. The van der Waals surface area contributed by atoms with Gasteiger partial charge in [-0.15, -0.1) is 0 Å². The molecule has 6 heteroatoms. The number of nitrogens with zero attached hydrogens (tertiary/aromatic N) is 3. The largest absolute Gasteiger partial charge is 0.208 e. The third-order valence-corrected chi connectivity index (χ3v) is 4.19. The summed E-state index contributed by atoms with van der Waals surface area (Å²) in [6, 6.07) is 18.5. The summed E-state index contributed by atoms with van der Waals surface area (Å²) in [5.41, 5.74) is 2.51. The summed E-state index contributed by atoms with van der Waals surface area (Å²) in [6.45, 7) is 1.94. The van der Waals surface area contributed by atoms with Crippen LogP contribution in [0, 0.1) is 24.4 Å². The molecular formula is C22H14F3N3. The summed E-state index contributed by atoms with van der Waals surface area (Å²) in [4.78, 5) is 13.2. The first-order valence-corrected chi connectivity index (χ1v) is 8.55. The van der Waals surface area contributed by atoms with Crippen LogP contribution < -0.4 is 0 Å². The molecule has 0 unspecified atom stereocenters. The molecule has 4 rings (SSSR count). The second-order valence-electron chi connectivity index (χ2n) is 6.30. The Hall–Kier alpha value is -3.54. The smallest absolute Gasteiger partial charge is 0.194 e. The Balaban J connectivity index is 1.95. The predicted molar refractivity (Wildman–Crippen MR) is 101 cm³/mol. The van der Waals surface area contributed by atoms with Crippen LogP contribution in [0.5, 0.6) is 0 Å². The van der Waals surface area contributed by atoms with E-state index >= 15 is 0 Å². The molecule has 0 aliphatic heterocycles. The molecule has 0 aliphatic carbocycles. The third kappa shape index (κ3) is 3.49. The van der Waals surface area contributed by atoms with Crippen molar-refractivity contribution in [2.45, 2.75) is 6.92 Å². The van der Waals surface area contributed by atoms with Gasteiger partial charge in [0.1, 0.15) is 0 Å². The van der Waals surface area contributed by atoms with Crippen molar-refractivity contribution >= 4 is 0 Å². The minimum atomic E-state index is -1.53. The molecule has 3 aromatic carbocycles. The molecule has 0 atom stereocenters. The quantitative estimate of drug-likeness (QED) is 0.436. The van der Waals surface area contributed by atoms with Gasteiger partial charge in [-0.1, -0.05) is 54.1 Å². The number of hydrogen-bond acceptors (Lipinski definition) is 3.